The summed E-state index contributed by atoms with van der Waals surface area (Å²) >= 11 is 1.29. The Hall–Kier alpha value is -3.39. The number of methoxy groups -OCH3 is 1. The van der Waals surface area contributed by atoms with Crippen molar-refractivity contribution in [2.24, 2.45) is 0 Å². The molecule has 8 heteroatoms. The van der Waals surface area contributed by atoms with E-state index in [-0.39, 0.29) is 11.7 Å². The highest BCUT2D eigenvalue weighted by atomic mass is 32.2. The van der Waals surface area contributed by atoms with E-state index in [1.165, 1.54) is 28.5 Å². The number of aryl methyl sites for hydroxylation is 4. The summed E-state index contributed by atoms with van der Waals surface area (Å²) in [5, 5.41) is 8.00. The number of anilines is 1. The summed E-state index contributed by atoms with van der Waals surface area (Å²) in [6.07, 6.45) is 0.791. The second-order valence-corrected chi connectivity index (χ2v) is 8.99. The predicted octanol–water partition coefficient (Wildman–Crippen LogP) is 4.69. The molecule has 4 rings (SSSR count). The number of ether oxygens (including phenoxy) is 1. The number of hydrogen-bond acceptors (Lipinski definition) is 6. The lowest BCUT2D eigenvalue weighted by atomic mass is 9.97. The number of nitrogens with zero attached hydrogens (tertiary/aromatic N) is 4. The third-order valence-electron chi connectivity index (χ3n) is 5.59. The summed E-state index contributed by atoms with van der Waals surface area (Å²) < 4.78 is 6.97. The van der Waals surface area contributed by atoms with Crippen LogP contribution in [0.3, 0.4) is 0 Å². The number of fused-ring (bicyclic) bond motifs is 1. The number of carbonyl (C=O) groups is 1. The minimum Gasteiger partial charge on any atom is -0.497 e. The Bertz CT molecular complexity index is 1330. The van der Waals surface area contributed by atoms with Crippen molar-refractivity contribution in [3.05, 3.63) is 76.1 Å². The molecule has 2 aromatic heterocycles. The number of hydrogen-bond donors (Lipinski definition) is 1. The number of thioether (sulfide) groups is 1. The molecule has 0 atom stereocenters. The van der Waals surface area contributed by atoms with E-state index in [9.17, 15) is 4.79 Å². The maximum atomic E-state index is 12.4. The van der Waals surface area contributed by atoms with E-state index in [0.29, 0.717) is 22.4 Å². The molecular weight excluding hydrogens is 434 g/mol. The fraction of sp³-hybridized carbons (Fsp3) is 0.280. The zero-order valence-corrected chi connectivity index (χ0v) is 20.3. The van der Waals surface area contributed by atoms with Gasteiger partial charge in [-0.2, -0.15) is 4.98 Å². The molecule has 2 heterocycles. The van der Waals surface area contributed by atoms with Crippen molar-refractivity contribution >= 4 is 29.1 Å². The van der Waals surface area contributed by atoms with Crippen LogP contribution in [0.5, 0.6) is 5.75 Å². The molecule has 0 saturated carbocycles. The Labute approximate surface area is 197 Å². The number of benzene rings is 2. The largest absolute Gasteiger partial charge is 0.497 e. The van der Waals surface area contributed by atoms with Crippen LogP contribution in [0.2, 0.25) is 0 Å². The number of nitrogens with one attached hydrogen (secondary N) is 1. The third kappa shape index (κ3) is 5.17. The van der Waals surface area contributed by atoms with Crippen molar-refractivity contribution < 1.29 is 9.53 Å². The maximum absolute atomic E-state index is 12.4. The highest BCUT2D eigenvalue weighted by molar-refractivity contribution is 7.99. The van der Waals surface area contributed by atoms with E-state index in [1.54, 1.807) is 17.7 Å². The SMILES string of the molecule is COc1cccc(NC(=O)CSc2nc3nc(C)c(Cc4cc(C)ccc4C)c(C)n3n2)c1. The molecule has 0 radical (unpaired) electrons. The summed E-state index contributed by atoms with van der Waals surface area (Å²) in [5.41, 5.74) is 7.58. The summed E-state index contributed by atoms with van der Waals surface area (Å²) in [6, 6.07) is 13.8. The van der Waals surface area contributed by atoms with Crippen LogP contribution in [0.4, 0.5) is 5.69 Å². The van der Waals surface area contributed by atoms with Crippen molar-refractivity contribution in [1.29, 1.82) is 0 Å². The monoisotopic (exact) mass is 461 g/mol. The quantitative estimate of drug-likeness (QED) is 0.402. The van der Waals surface area contributed by atoms with Gasteiger partial charge >= 0.3 is 0 Å². The molecule has 1 N–H and O–H groups in total. The van der Waals surface area contributed by atoms with Crippen LogP contribution in [0.15, 0.2) is 47.6 Å². The highest BCUT2D eigenvalue weighted by Crippen LogP contribution is 2.23. The van der Waals surface area contributed by atoms with Crippen molar-refractivity contribution in [3.63, 3.8) is 0 Å². The highest BCUT2D eigenvalue weighted by Gasteiger charge is 2.16. The van der Waals surface area contributed by atoms with Gasteiger partial charge in [0.1, 0.15) is 5.75 Å². The third-order valence-corrected chi connectivity index (χ3v) is 6.42. The molecule has 0 spiro atoms. The molecule has 0 fully saturated rings. The lowest BCUT2D eigenvalue weighted by molar-refractivity contribution is -0.113. The van der Waals surface area contributed by atoms with Crippen LogP contribution >= 0.6 is 11.8 Å². The molecule has 33 heavy (non-hydrogen) atoms. The van der Waals surface area contributed by atoms with Gasteiger partial charge in [0.15, 0.2) is 0 Å². The average Bonchev–Trinajstić information content (AvgIpc) is 3.20. The Morgan fingerprint density at radius 1 is 1.09 bits per heavy atom. The molecule has 1 amide bonds. The van der Waals surface area contributed by atoms with Crippen molar-refractivity contribution in [2.45, 2.75) is 39.3 Å². The standard InChI is InChI=1S/C25H27N5O2S/c1-15-9-10-16(2)19(11-15)12-22-17(3)26-24-28-25(29-30(24)18(22)4)33-14-23(31)27-20-7-6-8-21(13-20)32-5/h6-11,13H,12,14H2,1-5H3,(H,27,31). The van der Waals surface area contributed by atoms with Crippen LogP contribution in [-0.2, 0) is 11.2 Å². The second kappa shape index (κ2) is 9.62. The molecule has 0 aliphatic carbocycles. The van der Waals surface area contributed by atoms with E-state index in [1.807, 2.05) is 32.0 Å². The molecule has 2 aromatic carbocycles. The van der Waals surface area contributed by atoms with Crippen molar-refractivity contribution in [2.75, 3.05) is 18.2 Å². The van der Waals surface area contributed by atoms with Gasteiger partial charge in [-0.25, -0.2) is 9.50 Å². The lowest BCUT2D eigenvalue weighted by Gasteiger charge is -2.12. The number of amides is 1. The number of rotatable bonds is 7. The van der Waals surface area contributed by atoms with Gasteiger partial charge in [0, 0.05) is 29.6 Å². The zero-order valence-electron chi connectivity index (χ0n) is 19.5. The van der Waals surface area contributed by atoms with Gasteiger partial charge in [-0.15, -0.1) is 5.10 Å². The Morgan fingerprint density at radius 2 is 1.91 bits per heavy atom. The van der Waals surface area contributed by atoms with E-state index in [0.717, 1.165) is 23.4 Å². The second-order valence-electron chi connectivity index (χ2n) is 8.04. The first kappa shape index (κ1) is 22.8. The van der Waals surface area contributed by atoms with E-state index in [2.05, 4.69) is 52.4 Å². The van der Waals surface area contributed by atoms with Gasteiger partial charge in [-0.3, -0.25) is 4.79 Å². The summed E-state index contributed by atoms with van der Waals surface area (Å²) in [7, 11) is 1.59. The summed E-state index contributed by atoms with van der Waals surface area (Å²) in [4.78, 5) is 21.6. The van der Waals surface area contributed by atoms with Crippen LogP contribution in [0.25, 0.3) is 5.78 Å². The van der Waals surface area contributed by atoms with Crippen molar-refractivity contribution in [3.8, 4) is 5.75 Å². The van der Waals surface area contributed by atoms with Crippen LogP contribution in [0, 0.1) is 27.7 Å². The van der Waals surface area contributed by atoms with Crippen LogP contribution in [0.1, 0.15) is 33.6 Å². The minimum atomic E-state index is -0.136. The predicted molar refractivity (Wildman–Crippen MR) is 131 cm³/mol. The van der Waals surface area contributed by atoms with Gasteiger partial charge < -0.3 is 10.1 Å². The fourth-order valence-corrected chi connectivity index (χ4v) is 4.33. The molecule has 0 saturated heterocycles. The molecule has 0 unspecified atom stereocenters. The molecule has 7 nitrogen and oxygen atoms in total. The van der Waals surface area contributed by atoms with Gasteiger partial charge in [0.05, 0.1) is 12.9 Å². The number of aromatic nitrogens is 4. The van der Waals surface area contributed by atoms with Gasteiger partial charge in [-0.05, 0) is 56.5 Å². The molecule has 0 aliphatic heterocycles. The normalized spacial score (nSPS) is 11.1. The molecule has 170 valence electrons. The first-order valence-electron chi connectivity index (χ1n) is 10.7. The van der Waals surface area contributed by atoms with Crippen molar-refractivity contribution in [1.82, 2.24) is 19.6 Å². The topological polar surface area (TPSA) is 81.4 Å². The first-order chi connectivity index (χ1) is 15.8. The van der Waals surface area contributed by atoms with E-state index < -0.39 is 0 Å². The maximum Gasteiger partial charge on any atom is 0.253 e. The van der Waals surface area contributed by atoms with Gasteiger partial charge in [0.2, 0.25) is 11.1 Å². The van der Waals surface area contributed by atoms with Crippen LogP contribution in [-0.4, -0.2) is 38.4 Å². The Kier molecular flexibility index (Phi) is 6.65. The minimum absolute atomic E-state index is 0.136. The molecule has 4 aromatic rings. The fourth-order valence-electron chi connectivity index (χ4n) is 3.72. The zero-order chi connectivity index (χ0) is 23.5. The van der Waals surface area contributed by atoms with E-state index >= 15 is 0 Å². The average molecular weight is 462 g/mol. The smallest absolute Gasteiger partial charge is 0.253 e. The summed E-state index contributed by atoms with van der Waals surface area (Å²) in [6.45, 7) is 8.29. The molecule has 0 bridgehead atoms. The van der Waals surface area contributed by atoms with Crippen LogP contribution < -0.4 is 10.1 Å². The Morgan fingerprint density at radius 3 is 2.70 bits per heavy atom. The Balaban J connectivity index is 1.50. The first-order valence-corrected chi connectivity index (χ1v) is 11.7. The van der Waals surface area contributed by atoms with E-state index in [4.69, 9.17) is 4.74 Å². The molecule has 0 aliphatic rings. The van der Waals surface area contributed by atoms with Gasteiger partial charge in [0.25, 0.3) is 5.78 Å². The lowest BCUT2D eigenvalue weighted by Crippen LogP contribution is -2.14. The number of carbonyl (C=O) groups excluding carboxylic acids is 1. The summed E-state index contributed by atoms with van der Waals surface area (Å²) in [5.74, 6) is 1.30. The van der Waals surface area contributed by atoms with Gasteiger partial charge in [-0.1, -0.05) is 41.6 Å². The molecular formula is C25H27N5O2S.